The molecule has 0 spiro atoms. The highest BCUT2D eigenvalue weighted by Gasteiger charge is 2.12. The van der Waals surface area contributed by atoms with E-state index in [1.54, 1.807) is 36.4 Å². The molecule has 0 atom stereocenters. The van der Waals surface area contributed by atoms with Crippen LogP contribution < -0.4 is 4.74 Å². The first-order chi connectivity index (χ1) is 22.6. The van der Waals surface area contributed by atoms with Crippen molar-refractivity contribution in [2.75, 3.05) is 0 Å². The number of H-pyrrole nitrogens is 2. The second kappa shape index (κ2) is 11.2. The molecule has 0 saturated heterocycles. The van der Waals surface area contributed by atoms with E-state index in [0.717, 1.165) is 56.0 Å². The zero-order valence-electron chi connectivity index (χ0n) is 24.4. The maximum absolute atomic E-state index is 12.7. The molecule has 8 aromatic rings. The van der Waals surface area contributed by atoms with Crippen molar-refractivity contribution in [3.05, 3.63) is 151 Å². The molecule has 6 aromatic carbocycles. The van der Waals surface area contributed by atoms with Gasteiger partial charge in [0.05, 0.1) is 22.1 Å². The Bertz CT molecular complexity index is 2340. The number of aromatic amines is 2. The second-order valence-corrected chi connectivity index (χ2v) is 11.0. The third-order valence-corrected chi connectivity index (χ3v) is 7.96. The molecule has 2 aromatic heterocycles. The van der Waals surface area contributed by atoms with Gasteiger partial charge in [-0.15, -0.1) is 0 Å². The molecule has 0 aliphatic carbocycles. The average molecular weight is 599 g/mol. The van der Waals surface area contributed by atoms with Crippen LogP contribution in [-0.4, -0.2) is 30.8 Å². The molecule has 0 amide bonds. The number of aromatic hydroxyl groups is 1. The largest absolute Gasteiger partial charge is 0.508 e. The van der Waals surface area contributed by atoms with Crippen molar-refractivity contribution in [1.29, 1.82) is 0 Å². The van der Waals surface area contributed by atoms with Crippen LogP contribution in [0.3, 0.4) is 0 Å². The number of nitrogens with zero attached hydrogens (tertiary/aromatic N) is 2. The first-order valence-electron chi connectivity index (χ1n) is 14.8. The third-order valence-electron chi connectivity index (χ3n) is 7.96. The number of rotatable bonds is 7. The van der Waals surface area contributed by atoms with Crippen molar-refractivity contribution in [2.24, 2.45) is 0 Å². The second-order valence-electron chi connectivity index (χ2n) is 11.0. The van der Waals surface area contributed by atoms with Crippen molar-refractivity contribution < 1.29 is 14.6 Å². The van der Waals surface area contributed by atoms with Gasteiger partial charge < -0.3 is 19.8 Å². The Morgan fingerprint density at radius 2 is 0.978 bits per heavy atom. The Hall–Kier alpha value is -6.47. The summed E-state index contributed by atoms with van der Waals surface area (Å²) in [7, 11) is 0. The first kappa shape index (κ1) is 27.1. The van der Waals surface area contributed by atoms with Gasteiger partial charge in [0.2, 0.25) is 0 Å². The van der Waals surface area contributed by atoms with Crippen molar-refractivity contribution in [1.82, 2.24) is 19.9 Å². The minimum atomic E-state index is -0.0197. The number of ketones is 1. The number of benzene rings is 6. The highest BCUT2D eigenvalue weighted by atomic mass is 16.5. The summed E-state index contributed by atoms with van der Waals surface area (Å²) in [5, 5.41) is 9.60. The lowest BCUT2D eigenvalue weighted by atomic mass is 10.0. The van der Waals surface area contributed by atoms with Gasteiger partial charge in [0.25, 0.3) is 0 Å². The summed E-state index contributed by atoms with van der Waals surface area (Å²) in [5.74, 6) is 3.06. The Balaban J connectivity index is 0.985. The fraction of sp³-hybridized carbons (Fsp3) is 0. The normalized spacial score (nSPS) is 11.2. The lowest BCUT2D eigenvalue weighted by molar-refractivity contribution is 0.103. The molecule has 0 aliphatic heterocycles. The fourth-order valence-electron chi connectivity index (χ4n) is 5.51. The Labute approximate surface area is 263 Å². The van der Waals surface area contributed by atoms with Crippen LogP contribution in [0.4, 0.5) is 0 Å². The van der Waals surface area contributed by atoms with Crippen LogP contribution in [0, 0.1) is 0 Å². The number of phenols is 1. The molecular weight excluding hydrogens is 572 g/mol. The van der Waals surface area contributed by atoms with Gasteiger partial charge in [-0.25, -0.2) is 9.97 Å². The van der Waals surface area contributed by atoms with E-state index in [0.29, 0.717) is 22.6 Å². The van der Waals surface area contributed by atoms with E-state index in [1.807, 2.05) is 78.9 Å². The number of ether oxygens (including phenoxy) is 1. The predicted octanol–water partition coefficient (Wildman–Crippen LogP) is 9.17. The fourth-order valence-corrected chi connectivity index (χ4v) is 5.51. The summed E-state index contributed by atoms with van der Waals surface area (Å²) in [6.45, 7) is 0. The lowest BCUT2D eigenvalue weighted by Crippen LogP contribution is -2.00. The molecule has 8 rings (SSSR count). The number of aromatic nitrogens is 4. The van der Waals surface area contributed by atoms with Crippen LogP contribution in [0.25, 0.3) is 56.0 Å². The number of imidazole rings is 2. The lowest BCUT2D eigenvalue weighted by Gasteiger charge is -2.07. The summed E-state index contributed by atoms with van der Waals surface area (Å²) >= 11 is 0. The van der Waals surface area contributed by atoms with Crippen molar-refractivity contribution >= 4 is 27.9 Å². The molecule has 0 bridgehead atoms. The number of fused-ring (bicyclic) bond motifs is 2. The molecule has 3 N–H and O–H groups in total. The van der Waals surface area contributed by atoms with Gasteiger partial charge >= 0.3 is 0 Å². The van der Waals surface area contributed by atoms with E-state index in [1.165, 1.54) is 0 Å². The van der Waals surface area contributed by atoms with E-state index in [2.05, 4.69) is 34.2 Å². The minimum Gasteiger partial charge on any atom is -0.508 e. The number of carbonyl (C=O) groups is 1. The molecule has 0 saturated carbocycles. The number of hydrogen-bond donors (Lipinski definition) is 3. The van der Waals surface area contributed by atoms with Crippen molar-refractivity contribution in [2.45, 2.75) is 0 Å². The molecule has 0 fully saturated rings. The number of carbonyl (C=O) groups excluding carboxylic acids is 1. The third kappa shape index (κ3) is 5.27. The Morgan fingerprint density at radius 3 is 1.52 bits per heavy atom. The van der Waals surface area contributed by atoms with E-state index < -0.39 is 0 Å². The van der Waals surface area contributed by atoms with E-state index in [4.69, 9.17) is 14.7 Å². The van der Waals surface area contributed by atoms with Crippen LogP contribution >= 0.6 is 0 Å². The summed E-state index contributed by atoms with van der Waals surface area (Å²) in [5.41, 5.74) is 8.82. The smallest absolute Gasteiger partial charge is 0.193 e. The molecule has 7 nitrogen and oxygen atoms in total. The van der Waals surface area contributed by atoms with Crippen LogP contribution in [-0.2, 0) is 0 Å². The van der Waals surface area contributed by atoms with Crippen LogP contribution in [0.5, 0.6) is 17.2 Å². The average Bonchev–Trinajstić information content (AvgIpc) is 3.73. The van der Waals surface area contributed by atoms with Gasteiger partial charge in [-0.2, -0.15) is 0 Å². The highest BCUT2D eigenvalue weighted by Crippen LogP contribution is 2.31. The molecule has 0 aliphatic rings. The van der Waals surface area contributed by atoms with Gasteiger partial charge in [-0.05, 0) is 108 Å². The molecule has 7 heteroatoms. The zero-order chi connectivity index (χ0) is 31.0. The van der Waals surface area contributed by atoms with Gasteiger partial charge in [-0.3, -0.25) is 4.79 Å². The zero-order valence-corrected chi connectivity index (χ0v) is 24.4. The van der Waals surface area contributed by atoms with E-state index in [9.17, 15) is 9.90 Å². The molecule has 220 valence electrons. The quantitative estimate of drug-likeness (QED) is 0.159. The van der Waals surface area contributed by atoms with Gasteiger partial charge in [0, 0.05) is 22.3 Å². The van der Waals surface area contributed by atoms with Gasteiger partial charge in [-0.1, -0.05) is 42.5 Å². The van der Waals surface area contributed by atoms with Crippen LogP contribution in [0.15, 0.2) is 140 Å². The summed E-state index contributed by atoms with van der Waals surface area (Å²) in [6, 6.07) is 43.5. The van der Waals surface area contributed by atoms with Crippen LogP contribution in [0.1, 0.15) is 15.9 Å². The number of nitrogens with one attached hydrogen (secondary N) is 2. The van der Waals surface area contributed by atoms with Crippen molar-refractivity contribution in [3.8, 4) is 51.2 Å². The summed E-state index contributed by atoms with van der Waals surface area (Å²) < 4.78 is 6.04. The summed E-state index contributed by atoms with van der Waals surface area (Å²) in [4.78, 5) is 29.1. The molecular formula is C39H26N4O3. The number of hydrogen-bond acceptors (Lipinski definition) is 5. The topological polar surface area (TPSA) is 104 Å². The SMILES string of the molecule is O=C(c1ccccc1)c1ccc(Oc2ccc(-c3nc4cc(-c5ccc6[nH]c(-c7ccc(O)cc7)nc6c5)ccc4[nH]3)cc2)cc1. The highest BCUT2D eigenvalue weighted by molar-refractivity contribution is 6.09. The maximum atomic E-state index is 12.7. The van der Waals surface area contributed by atoms with Crippen molar-refractivity contribution in [3.63, 3.8) is 0 Å². The van der Waals surface area contributed by atoms with Gasteiger partial charge in [0.1, 0.15) is 28.9 Å². The molecule has 0 unspecified atom stereocenters. The Kier molecular flexibility index (Phi) is 6.61. The van der Waals surface area contributed by atoms with E-state index in [-0.39, 0.29) is 11.5 Å². The van der Waals surface area contributed by atoms with Gasteiger partial charge in [0.15, 0.2) is 5.78 Å². The molecule has 46 heavy (non-hydrogen) atoms. The van der Waals surface area contributed by atoms with E-state index >= 15 is 0 Å². The maximum Gasteiger partial charge on any atom is 0.193 e. The predicted molar refractivity (Wildman–Crippen MR) is 180 cm³/mol. The Morgan fingerprint density at radius 1 is 0.522 bits per heavy atom. The van der Waals surface area contributed by atoms with Crippen LogP contribution in [0.2, 0.25) is 0 Å². The first-order valence-corrected chi connectivity index (χ1v) is 14.8. The minimum absolute atomic E-state index is 0.0197. The molecule has 2 heterocycles. The standard InChI is InChI=1S/C39H26N4O3/c44-30-14-6-26(7-15-30)38-40-33-20-12-28(22-35(33)42-38)29-13-21-34-36(23-29)43-39(41-34)27-10-18-32(19-11-27)46-31-16-8-25(9-17-31)37(45)24-4-2-1-3-5-24/h1-23,44H,(H,40,42)(H,41,43). The molecule has 0 radical (unpaired) electrons. The monoisotopic (exact) mass is 598 g/mol. The summed E-state index contributed by atoms with van der Waals surface area (Å²) in [6.07, 6.45) is 0. The number of phenolic OH excluding ortho intramolecular Hbond substituents is 1.